The molecule has 0 radical (unpaired) electrons. The standard InChI is InChI=1S/C14H17N5S/c15-12(16)8-9-19(11-4-2-1-3-5-11)14-17-13(18-20-14)10-6-7-10/h1-5,10H,6-9H2,(H3,15,16). The molecule has 1 fully saturated rings. The molecule has 0 amide bonds. The Kier molecular flexibility index (Phi) is 3.64. The average molecular weight is 287 g/mol. The van der Waals surface area contributed by atoms with E-state index in [1.807, 2.05) is 30.3 Å². The fourth-order valence-corrected chi connectivity index (χ4v) is 2.81. The number of nitrogens with two attached hydrogens (primary N) is 1. The molecule has 5 nitrogen and oxygen atoms in total. The van der Waals surface area contributed by atoms with Gasteiger partial charge in [0.1, 0.15) is 5.82 Å². The zero-order chi connectivity index (χ0) is 13.9. The van der Waals surface area contributed by atoms with Gasteiger partial charge >= 0.3 is 0 Å². The second-order valence-corrected chi connectivity index (χ2v) is 5.70. The van der Waals surface area contributed by atoms with Gasteiger partial charge in [-0.25, -0.2) is 4.98 Å². The Morgan fingerprint density at radius 1 is 1.35 bits per heavy atom. The number of para-hydroxylation sites is 1. The lowest BCUT2D eigenvalue weighted by molar-refractivity contribution is 0.923. The maximum Gasteiger partial charge on any atom is 0.209 e. The van der Waals surface area contributed by atoms with Gasteiger partial charge in [0.15, 0.2) is 0 Å². The quantitative estimate of drug-likeness (QED) is 0.632. The number of rotatable bonds is 6. The first-order chi connectivity index (χ1) is 9.74. The van der Waals surface area contributed by atoms with Gasteiger partial charge in [-0.1, -0.05) is 18.2 Å². The highest BCUT2D eigenvalue weighted by atomic mass is 32.1. The van der Waals surface area contributed by atoms with Crippen molar-refractivity contribution in [3.05, 3.63) is 36.2 Å². The van der Waals surface area contributed by atoms with Crippen LogP contribution in [0.2, 0.25) is 0 Å². The van der Waals surface area contributed by atoms with Crippen molar-refractivity contribution in [1.29, 1.82) is 5.41 Å². The Labute approximate surface area is 122 Å². The molecule has 3 N–H and O–H groups in total. The summed E-state index contributed by atoms with van der Waals surface area (Å²) in [5.41, 5.74) is 6.55. The molecule has 1 saturated carbocycles. The lowest BCUT2D eigenvalue weighted by Gasteiger charge is -2.21. The van der Waals surface area contributed by atoms with Crippen molar-refractivity contribution in [2.45, 2.75) is 25.2 Å². The van der Waals surface area contributed by atoms with Crippen molar-refractivity contribution in [3.63, 3.8) is 0 Å². The third-order valence-corrected chi connectivity index (χ3v) is 4.03. The second kappa shape index (κ2) is 5.58. The number of amidine groups is 1. The molecule has 1 aromatic heterocycles. The van der Waals surface area contributed by atoms with Gasteiger partial charge < -0.3 is 10.6 Å². The zero-order valence-electron chi connectivity index (χ0n) is 11.1. The van der Waals surface area contributed by atoms with Gasteiger partial charge in [0.25, 0.3) is 0 Å². The topological polar surface area (TPSA) is 78.9 Å². The molecule has 1 aliphatic rings. The second-order valence-electron chi connectivity index (χ2n) is 4.97. The molecule has 104 valence electrons. The third kappa shape index (κ3) is 2.96. The predicted molar refractivity (Wildman–Crippen MR) is 81.9 cm³/mol. The Bertz CT molecular complexity index is 591. The number of anilines is 2. The maximum absolute atomic E-state index is 7.41. The molecular weight excluding hydrogens is 270 g/mol. The Hall–Kier alpha value is -1.95. The fourth-order valence-electron chi connectivity index (χ4n) is 2.02. The monoisotopic (exact) mass is 287 g/mol. The number of nitrogens with one attached hydrogen (secondary N) is 1. The van der Waals surface area contributed by atoms with E-state index >= 15 is 0 Å². The van der Waals surface area contributed by atoms with Gasteiger partial charge in [0.05, 0.1) is 5.84 Å². The van der Waals surface area contributed by atoms with Crippen LogP contribution >= 0.6 is 11.5 Å². The highest BCUT2D eigenvalue weighted by Gasteiger charge is 2.28. The summed E-state index contributed by atoms with van der Waals surface area (Å²) in [6.45, 7) is 0.651. The largest absolute Gasteiger partial charge is 0.388 e. The Morgan fingerprint density at radius 3 is 2.75 bits per heavy atom. The lowest BCUT2D eigenvalue weighted by Crippen LogP contribution is -2.23. The first kappa shape index (κ1) is 13.1. The van der Waals surface area contributed by atoms with Crippen LogP contribution in [-0.4, -0.2) is 21.7 Å². The van der Waals surface area contributed by atoms with E-state index in [0.717, 1.165) is 16.6 Å². The maximum atomic E-state index is 7.41. The van der Waals surface area contributed by atoms with Gasteiger partial charge in [-0.3, -0.25) is 5.41 Å². The smallest absolute Gasteiger partial charge is 0.209 e. The van der Waals surface area contributed by atoms with E-state index in [0.29, 0.717) is 18.9 Å². The van der Waals surface area contributed by atoms with Crippen LogP contribution in [0.1, 0.15) is 31.0 Å². The molecule has 0 atom stereocenters. The van der Waals surface area contributed by atoms with Crippen LogP contribution in [0.5, 0.6) is 0 Å². The van der Waals surface area contributed by atoms with Gasteiger partial charge in [0.2, 0.25) is 5.13 Å². The molecule has 6 heteroatoms. The van der Waals surface area contributed by atoms with Crippen molar-refractivity contribution in [1.82, 2.24) is 9.36 Å². The van der Waals surface area contributed by atoms with E-state index in [1.165, 1.54) is 24.4 Å². The summed E-state index contributed by atoms with van der Waals surface area (Å²) >= 11 is 1.43. The SMILES string of the molecule is N=C(N)CCN(c1ccccc1)c1nc(C2CC2)ns1. The summed E-state index contributed by atoms with van der Waals surface area (Å²) in [4.78, 5) is 6.74. The van der Waals surface area contributed by atoms with Crippen molar-refractivity contribution in [3.8, 4) is 0 Å². The number of hydrogen-bond donors (Lipinski definition) is 2. The molecule has 1 aromatic carbocycles. The number of nitrogens with zero attached hydrogens (tertiary/aromatic N) is 3. The van der Waals surface area contributed by atoms with E-state index in [1.54, 1.807) is 0 Å². The normalized spacial score (nSPS) is 14.2. The van der Waals surface area contributed by atoms with E-state index in [2.05, 4.69) is 14.3 Å². The molecule has 0 saturated heterocycles. The number of benzene rings is 1. The van der Waals surface area contributed by atoms with Crippen LogP contribution in [0.25, 0.3) is 0 Å². The van der Waals surface area contributed by atoms with Crippen LogP contribution in [0, 0.1) is 5.41 Å². The molecule has 0 aliphatic heterocycles. The minimum absolute atomic E-state index is 0.192. The molecule has 1 aliphatic carbocycles. The summed E-state index contributed by atoms with van der Waals surface area (Å²) in [6.07, 6.45) is 2.93. The summed E-state index contributed by atoms with van der Waals surface area (Å²) < 4.78 is 4.46. The molecule has 1 heterocycles. The highest BCUT2D eigenvalue weighted by Crippen LogP contribution is 2.40. The van der Waals surface area contributed by atoms with Crippen LogP contribution in [0.3, 0.4) is 0 Å². The minimum atomic E-state index is 0.192. The van der Waals surface area contributed by atoms with E-state index in [9.17, 15) is 0 Å². The van der Waals surface area contributed by atoms with Crippen LogP contribution in [-0.2, 0) is 0 Å². The molecule has 20 heavy (non-hydrogen) atoms. The number of hydrogen-bond acceptors (Lipinski definition) is 5. The van der Waals surface area contributed by atoms with Gasteiger partial charge in [-0.05, 0) is 25.0 Å². The van der Waals surface area contributed by atoms with Crippen LogP contribution in [0.15, 0.2) is 30.3 Å². The van der Waals surface area contributed by atoms with Gasteiger partial charge in [-0.15, -0.1) is 0 Å². The summed E-state index contributed by atoms with van der Waals surface area (Å²) in [5, 5.41) is 8.30. The van der Waals surface area contributed by atoms with Gasteiger partial charge in [0, 0.05) is 36.1 Å². The molecule has 0 bridgehead atoms. The van der Waals surface area contributed by atoms with Crippen molar-refractivity contribution in [2.75, 3.05) is 11.4 Å². The average Bonchev–Trinajstić information content (AvgIpc) is 3.19. The highest BCUT2D eigenvalue weighted by molar-refractivity contribution is 7.09. The summed E-state index contributed by atoms with van der Waals surface area (Å²) in [5.74, 6) is 1.72. The predicted octanol–water partition coefficient (Wildman–Crippen LogP) is 2.88. The molecule has 2 aromatic rings. The van der Waals surface area contributed by atoms with Crippen molar-refractivity contribution >= 4 is 28.2 Å². The fraction of sp³-hybridized carbons (Fsp3) is 0.357. The van der Waals surface area contributed by atoms with Crippen molar-refractivity contribution in [2.24, 2.45) is 5.73 Å². The van der Waals surface area contributed by atoms with E-state index in [-0.39, 0.29) is 5.84 Å². The summed E-state index contributed by atoms with van der Waals surface area (Å²) in [7, 11) is 0. The first-order valence-corrected chi connectivity index (χ1v) is 7.50. The molecule has 0 spiro atoms. The van der Waals surface area contributed by atoms with E-state index in [4.69, 9.17) is 11.1 Å². The van der Waals surface area contributed by atoms with Gasteiger partial charge in [-0.2, -0.15) is 4.37 Å². The molecule has 0 unspecified atom stereocenters. The number of aromatic nitrogens is 2. The zero-order valence-corrected chi connectivity index (χ0v) is 11.9. The molecular formula is C14H17N5S. The van der Waals surface area contributed by atoms with Crippen molar-refractivity contribution < 1.29 is 0 Å². The first-order valence-electron chi connectivity index (χ1n) is 6.73. The molecule has 3 rings (SSSR count). The Balaban J connectivity index is 1.85. The Morgan fingerprint density at radius 2 is 2.10 bits per heavy atom. The summed E-state index contributed by atoms with van der Waals surface area (Å²) in [6, 6.07) is 10.1. The van der Waals surface area contributed by atoms with E-state index < -0.39 is 0 Å². The third-order valence-electron chi connectivity index (χ3n) is 3.28. The van der Waals surface area contributed by atoms with Crippen LogP contribution in [0.4, 0.5) is 10.8 Å². The van der Waals surface area contributed by atoms with Crippen LogP contribution < -0.4 is 10.6 Å². The lowest BCUT2D eigenvalue weighted by atomic mass is 10.2. The minimum Gasteiger partial charge on any atom is -0.388 e.